The Labute approximate surface area is 317 Å². The Balaban J connectivity index is 1.08. The van der Waals surface area contributed by atoms with Gasteiger partial charge in [0.05, 0.1) is 47.3 Å². The highest BCUT2D eigenvalue weighted by atomic mass is 16.5. The molecule has 54 heavy (non-hydrogen) atoms. The van der Waals surface area contributed by atoms with Crippen LogP contribution in [0.5, 0.6) is 0 Å². The van der Waals surface area contributed by atoms with Crippen molar-refractivity contribution in [1.29, 1.82) is 0 Å². The number of carbonyl (C=O) groups is 3. The summed E-state index contributed by atoms with van der Waals surface area (Å²) in [6.45, 7) is 13.8. The number of amides is 3. The van der Waals surface area contributed by atoms with Gasteiger partial charge in [0.2, 0.25) is 11.8 Å². The molecule has 2 saturated heterocycles. The molecule has 0 bridgehead atoms. The second kappa shape index (κ2) is 14.8. The lowest BCUT2D eigenvalue weighted by Crippen LogP contribution is -2.51. The molecule has 0 radical (unpaired) electrons. The van der Waals surface area contributed by atoms with E-state index in [0.29, 0.717) is 13.1 Å². The number of likely N-dealkylation sites (tertiary alicyclic amines) is 2. The van der Waals surface area contributed by atoms with Gasteiger partial charge < -0.3 is 35.6 Å². The number of rotatable bonds is 9. The molecule has 0 spiro atoms. The number of nitrogens with two attached hydrogens (primary N) is 1. The van der Waals surface area contributed by atoms with Crippen molar-refractivity contribution < 1.29 is 19.1 Å². The number of hydrogen-bond acceptors (Lipinski definition) is 7. The van der Waals surface area contributed by atoms with Crippen molar-refractivity contribution in [2.24, 2.45) is 17.6 Å². The molecule has 2 aromatic heterocycles. The summed E-state index contributed by atoms with van der Waals surface area (Å²) in [6.07, 6.45) is 5.78. The van der Waals surface area contributed by atoms with Gasteiger partial charge in [0, 0.05) is 13.1 Å². The lowest BCUT2D eigenvalue weighted by molar-refractivity contribution is -0.136. The average Bonchev–Trinajstić information content (AvgIpc) is 3.97. The van der Waals surface area contributed by atoms with Gasteiger partial charge in [-0.1, -0.05) is 52.3 Å². The number of aromatic amines is 2. The lowest BCUT2D eigenvalue weighted by atomic mass is 9.68. The van der Waals surface area contributed by atoms with E-state index >= 15 is 0 Å². The summed E-state index contributed by atoms with van der Waals surface area (Å²) in [5.74, 6) is 1.51. The molecule has 12 heteroatoms. The van der Waals surface area contributed by atoms with Crippen molar-refractivity contribution in [1.82, 2.24) is 35.1 Å². The van der Waals surface area contributed by atoms with E-state index < -0.39 is 18.2 Å². The first-order valence-electron chi connectivity index (χ1n) is 19.7. The minimum absolute atomic E-state index is 0.00476. The first kappa shape index (κ1) is 37.6. The van der Waals surface area contributed by atoms with Gasteiger partial charge in [-0.3, -0.25) is 9.59 Å². The van der Waals surface area contributed by atoms with Crippen LogP contribution < -0.4 is 11.1 Å². The highest BCUT2D eigenvalue weighted by molar-refractivity contribution is 5.87. The van der Waals surface area contributed by atoms with Crippen LogP contribution in [0.2, 0.25) is 0 Å². The second-order valence-electron chi connectivity index (χ2n) is 16.7. The first-order valence-corrected chi connectivity index (χ1v) is 19.7. The van der Waals surface area contributed by atoms with E-state index in [1.54, 1.807) is 0 Å². The molecule has 2 fully saturated rings. The maximum Gasteiger partial charge on any atom is 0.407 e. The number of benzene rings is 2. The fourth-order valence-corrected chi connectivity index (χ4v) is 8.95. The van der Waals surface area contributed by atoms with Crippen LogP contribution in [0.1, 0.15) is 121 Å². The molecule has 12 nitrogen and oxygen atoms in total. The molecule has 3 aliphatic rings. The zero-order valence-corrected chi connectivity index (χ0v) is 32.8. The summed E-state index contributed by atoms with van der Waals surface area (Å²) in [5.41, 5.74) is 15.2. The molecule has 4 heterocycles. The minimum Gasteiger partial charge on any atom is -0.453 e. The van der Waals surface area contributed by atoms with Gasteiger partial charge in [-0.2, -0.15) is 0 Å². The van der Waals surface area contributed by atoms with Gasteiger partial charge in [-0.25, -0.2) is 14.8 Å². The number of fused-ring (bicyclic) bond motifs is 2. The number of imidazole rings is 2. The zero-order chi connectivity index (χ0) is 38.5. The maximum atomic E-state index is 13.7. The van der Waals surface area contributed by atoms with Crippen LogP contribution in [-0.4, -0.2) is 79.9 Å². The molecule has 2 aromatic carbocycles. The van der Waals surface area contributed by atoms with Crippen molar-refractivity contribution in [3.63, 3.8) is 0 Å². The highest BCUT2D eigenvalue weighted by Crippen LogP contribution is 2.45. The smallest absolute Gasteiger partial charge is 0.407 e. The SMILES string of the molecule is COC(=O)N[C@H](C(=O)N1CCC[C@H]1c1nc2cc(C3(C)CCC(c4ccc5nc([C@@H]6CCCN6C(=O)[C@@H](N)C(C)C)[nH]c5c4)=C(C)C3)ccc2[nH]1)C(C)C. The van der Waals surface area contributed by atoms with Crippen LogP contribution in [0, 0.1) is 11.8 Å². The van der Waals surface area contributed by atoms with E-state index in [-0.39, 0.29) is 41.1 Å². The number of nitrogens with one attached hydrogen (secondary N) is 3. The van der Waals surface area contributed by atoms with Gasteiger partial charge >= 0.3 is 6.09 Å². The van der Waals surface area contributed by atoms with E-state index in [0.717, 1.165) is 78.7 Å². The molecule has 7 rings (SSSR count). The predicted molar refractivity (Wildman–Crippen MR) is 210 cm³/mol. The van der Waals surface area contributed by atoms with Crippen molar-refractivity contribution in [2.45, 2.75) is 116 Å². The van der Waals surface area contributed by atoms with Crippen LogP contribution in [0.15, 0.2) is 42.0 Å². The lowest BCUT2D eigenvalue weighted by Gasteiger charge is -2.36. The monoisotopic (exact) mass is 736 g/mol. The Morgan fingerprint density at radius 3 is 2.17 bits per heavy atom. The van der Waals surface area contributed by atoms with Gasteiger partial charge in [0.25, 0.3) is 0 Å². The fraction of sp³-hybridized carbons (Fsp3) is 0.548. The van der Waals surface area contributed by atoms with Gasteiger partial charge in [-0.05, 0) is 110 Å². The summed E-state index contributed by atoms with van der Waals surface area (Å²) in [4.78, 5) is 59.7. The van der Waals surface area contributed by atoms with Crippen LogP contribution in [0.25, 0.3) is 27.6 Å². The number of H-pyrrole nitrogens is 2. The van der Waals surface area contributed by atoms with E-state index in [4.69, 9.17) is 20.4 Å². The number of alkyl carbamates (subject to hydrolysis) is 1. The first-order chi connectivity index (χ1) is 25.8. The molecule has 2 aliphatic heterocycles. The van der Waals surface area contributed by atoms with Crippen molar-refractivity contribution in [2.75, 3.05) is 20.2 Å². The largest absolute Gasteiger partial charge is 0.453 e. The third-order valence-corrected chi connectivity index (χ3v) is 12.2. The summed E-state index contributed by atoms with van der Waals surface area (Å²) in [5, 5.41) is 2.73. The second-order valence-corrected chi connectivity index (χ2v) is 16.7. The maximum absolute atomic E-state index is 13.7. The molecule has 5 atom stereocenters. The van der Waals surface area contributed by atoms with Crippen molar-refractivity contribution in [3.05, 3.63) is 64.7 Å². The number of carbonyl (C=O) groups excluding carboxylic acids is 3. The molecule has 5 N–H and O–H groups in total. The topological polar surface area (TPSA) is 162 Å². The molecule has 288 valence electrons. The Hall–Kier alpha value is -4.71. The minimum atomic E-state index is -0.672. The van der Waals surface area contributed by atoms with Crippen LogP contribution >= 0.6 is 0 Å². The molecule has 3 amide bonds. The third-order valence-electron chi connectivity index (χ3n) is 12.2. The van der Waals surface area contributed by atoms with E-state index in [2.05, 4.69) is 65.5 Å². The van der Waals surface area contributed by atoms with E-state index in [1.807, 2.05) is 37.5 Å². The number of ether oxygens (including phenoxy) is 1. The molecular formula is C42H56N8O4. The third kappa shape index (κ3) is 7.00. The van der Waals surface area contributed by atoms with Crippen molar-refractivity contribution in [3.8, 4) is 0 Å². The van der Waals surface area contributed by atoms with Gasteiger partial charge in [0.15, 0.2) is 0 Å². The van der Waals surface area contributed by atoms with Gasteiger partial charge in [-0.15, -0.1) is 0 Å². The standard InChI is InChI=1S/C42H56N8O4/c1-23(2)35(43)39(51)49-18-8-10-33(49)37-44-29-14-12-26(20-31(29)46-37)28-16-17-42(6,22-25(28)5)27-13-15-30-32(21-27)47-38(45-30)34-11-9-19-50(34)40(52)36(24(3)4)48-41(53)54-7/h12-15,20-21,23-24,33-36H,8-11,16-19,22,43H2,1-7H3,(H,44,46)(H,45,47)(H,48,53)/t33-,34-,35-,36-,42?/m0/s1. The van der Waals surface area contributed by atoms with E-state index in [9.17, 15) is 14.4 Å². The number of methoxy groups -OCH3 is 1. The molecular weight excluding hydrogens is 681 g/mol. The summed E-state index contributed by atoms with van der Waals surface area (Å²) in [7, 11) is 1.31. The Kier molecular flexibility index (Phi) is 10.3. The summed E-state index contributed by atoms with van der Waals surface area (Å²) < 4.78 is 4.79. The number of aromatic nitrogens is 4. The van der Waals surface area contributed by atoms with Crippen molar-refractivity contribution >= 4 is 45.5 Å². The Bertz CT molecular complexity index is 2100. The predicted octanol–water partition coefficient (Wildman–Crippen LogP) is 7.05. The zero-order valence-electron chi connectivity index (χ0n) is 32.8. The molecule has 1 unspecified atom stereocenters. The highest BCUT2D eigenvalue weighted by Gasteiger charge is 2.39. The van der Waals surface area contributed by atoms with Crippen LogP contribution in [0.3, 0.4) is 0 Å². The number of allylic oxidation sites excluding steroid dienone is 2. The van der Waals surface area contributed by atoms with E-state index in [1.165, 1.54) is 29.4 Å². The molecule has 0 saturated carbocycles. The average molecular weight is 737 g/mol. The Morgan fingerprint density at radius 2 is 1.54 bits per heavy atom. The summed E-state index contributed by atoms with van der Waals surface area (Å²) in [6, 6.07) is 11.6. The number of nitrogens with zero attached hydrogens (tertiary/aromatic N) is 4. The number of hydrogen-bond donors (Lipinski definition) is 4. The molecule has 1 aliphatic carbocycles. The fourth-order valence-electron chi connectivity index (χ4n) is 8.95. The summed E-state index contributed by atoms with van der Waals surface area (Å²) >= 11 is 0. The van der Waals surface area contributed by atoms with Gasteiger partial charge in [0.1, 0.15) is 17.7 Å². The normalized spacial score (nSPS) is 23.2. The quantitative estimate of drug-likeness (QED) is 0.143. The molecule has 4 aromatic rings. The Morgan fingerprint density at radius 1 is 0.889 bits per heavy atom. The van der Waals surface area contributed by atoms with Crippen LogP contribution in [0.4, 0.5) is 4.79 Å². The van der Waals surface area contributed by atoms with Crippen LogP contribution in [-0.2, 0) is 19.7 Å².